The average Bonchev–Trinajstić information content (AvgIpc) is 2.83. The maximum Gasteiger partial charge on any atom is 0.254 e. The van der Waals surface area contributed by atoms with Gasteiger partial charge in [0, 0.05) is 11.6 Å². The van der Waals surface area contributed by atoms with Crippen molar-refractivity contribution in [3.63, 3.8) is 0 Å². The Balaban J connectivity index is 2.24. The van der Waals surface area contributed by atoms with Crippen LogP contribution in [0.15, 0.2) is 34.7 Å². The van der Waals surface area contributed by atoms with Crippen molar-refractivity contribution in [1.82, 2.24) is 4.90 Å². The predicted molar refractivity (Wildman–Crippen MR) is 81.0 cm³/mol. The van der Waals surface area contributed by atoms with Gasteiger partial charge < -0.3 is 20.2 Å². The minimum absolute atomic E-state index is 0.00241. The largest absolute Gasteiger partial charge is 0.506 e. The van der Waals surface area contributed by atoms with Crippen LogP contribution >= 0.6 is 0 Å². The number of phenols is 1. The summed E-state index contributed by atoms with van der Waals surface area (Å²) in [6.45, 7) is 6.12. The molecule has 0 aliphatic rings. The predicted octanol–water partition coefficient (Wildman–Crippen LogP) is 2.93. The van der Waals surface area contributed by atoms with Gasteiger partial charge >= 0.3 is 0 Å². The van der Waals surface area contributed by atoms with E-state index in [1.807, 2.05) is 32.9 Å². The fraction of sp³-hybridized carbons (Fsp3) is 0.312. The number of amides is 1. The monoisotopic (exact) mass is 288 g/mol. The molecule has 0 saturated carbocycles. The van der Waals surface area contributed by atoms with Crippen molar-refractivity contribution in [2.24, 2.45) is 0 Å². The summed E-state index contributed by atoms with van der Waals surface area (Å²) in [5, 5.41) is 9.65. The molecule has 0 aliphatic carbocycles. The molecule has 0 atom stereocenters. The summed E-state index contributed by atoms with van der Waals surface area (Å²) >= 11 is 0. The summed E-state index contributed by atoms with van der Waals surface area (Å²) in [6, 6.07) is 8.26. The lowest BCUT2D eigenvalue weighted by Gasteiger charge is -2.26. The standard InChI is InChI=1S/C16H20N2O3/c1-10(2)18(9-13-6-4-11(3)21-13)16(20)12-5-7-14(17)15(19)8-12/h4-8,10,19H,9,17H2,1-3H3. The quantitative estimate of drug-likeness (QED) is 0.669. The van der Waals surface area contributed by atoms with Crippen molar-refractivity contribution in [3.05, 3.63) is 47.4 Å². The lowest BCUT2D eigenvalue weighted by atomic mass is 10.1. The van der Waals surface area contributed by atoms with E-state index in [1.54, 1.807) is 11.0 Å². The maximum atomic E-state index is 12.6. The molecule has 0 saturated heterocycles. The normalized spacial score (nSPS) is 10.9. The third-order valence-corrected chi connectivity index (χ3v) is 3.28. The van der Waals surface area contributed by atoms with Gasteiger partial charge in [-0.1, -0.05) is 0 Å². The van der Waals surface area contributed by atoms with Crippen LogP contribution in [0.5, 0.6) is 5.75 Å². The van der Waals surface area contributed by atoms with Crippen LogP contribution in [0, 0.1) is 6.92 Å². The van der Waals surface area contributed by atoms with Crippen molar-refractivity contribution >= 4 is 11.6 Å². The van der Waals surface area contributed by atoms with Gasteiger partial charge in [-0.25, -0.2) is 0 Å². The number of aryl methyl sites for hydroxylation is 1. The van der Waals surface area contributed by atoms with Crippen LogP contribution in [0.4, 0.5) is 5.69 Å². The molecule has 0 radical (unpaired) electrons. The van der Waals surface area contributed by atoms with Gasteiger partial charge in [-0.05, 0) is 51.1 Å². The lowest BCUT2D eigenvalue weighted by Crippen LogP contribution is -2.36. The highest BCUT2D eigenvalue weighted by molar-refractivity contribution is 5.95. The van der Waals surface area contributed by atoms with Gasteiger partial charge in [0.1, 0.15) is 17.3 Å². The van der Waals surface area contributed by atoms with Crippen LogP contribution in [0.1, 0.15) is 35.7 Å². The second kappa shape index (κ2) is 5.91. The number of anilines is 1. The molecule has 1 heterocycles. The van der Waals surface area contributed by atoms with E-state index in [9.17, 15) is 9.90 Å². The summed E-state index contributed by atoms with van der Waals surface area (Å²) in [7, 11) is 0. The number of phenolic OH excluding ortho intramolecular Hbond substituents is 1. The van der Waals surface area contributed by atoms with Crippen LogP contribution in [0.2, 0.25) is 0 Å². The van der Waals surface area contributed by atoms with E-state index in [2.05, 4.69) is 0 Å². The van der Waals surface area contributed by atoms with Gasteiger partial charge in [0.25, 0.3) is 5.91 Å². The molecule has 0 spiro atoms. The minimum Gasteiger partial charge on any atom is -0.506 e. The van der Waals surface area contributed by atoms with E-state index in [-0.39, 0.29) is 23.4 Å². The Hall–Kier alpha value is -2.43. The van der Waals surface area contributed by atoms with Crippen LogP contribution in [-0.4, -0.2) is 22.0 Å². The van der Waals surface area contributed by atoms with Crippen LogP contribution < -0.4 is 5.73 Å². The molecule has 1 aromatic heterocycles. The Labute approximate surface area is 124 Å². The van der Waals surface area contributed by atoms with E-state index in [4.69, 9.17) is 10.2 Å². The number of benzene rings is 1. The first-order chi connectivity index (χ1) is 9.88. The molecule has 0 aliphatic heterocycles. The second-order valence-electron chi connectivity index (χ2n) is 5.31. The molecule has 0 bridgehead atoms. The van der Waals surface area contributed by atoms with Gasteiger partial charge in [0.15, 0.2) is 0 Å². The lowest BCUT2D eigenvalue weighted by molar-refractivity contribution is 0.0675. The molecule has 0 fully saturated rings. The van der Waals surface area contributed by atoms with Gasteiger partial charge in [0.05, 0.1) is 12.2 Å². The zero-order valence-electron chi connectivity index (χ0n) is 12.5. The first kappa shape index (κ1) is 15.0. The number of aromatic hydroxyl groups is 1. The van der Waals surface area contributed by atoms with Crippen LogP contribution in [-0.2, 0) is 6.54 Å². The third-order valence-electron chi connectivity index (χ3n) is 3.28. The van der Waals surface area contributed by atoms with Crippen LogP contribution in [0.3, 0.4) is 0 Å². The Kier molecular flexibility index (Phi) is 4.21. The molecule has 5 nitrogen and oxygen atoms in total. The highest BCUT2D eigenvalue weighted by Crippen LogP contribution is 2.23. The number of carbonyl (C=O) groups is 1. The Bertz CT molecular complexity index is 647. The molecule has 5 heteroatoms. The minimum atomic E-state index is -0.172. The molecule has 0 unspecified atom stereocenters. The molecule has 2 aromatic rings. The summed E-state index contributed by atoms with van der Waals surface area (Å²) in [4.78, 5) is 14.3. The number of nitrogens with two attached hydrogens (primary N) is 1. The van der Waals surface area contributed by atoms with Crippen LogP contribution in [0.25, 0.3) is 0 Å². The average molecular weight is 288 g/mol. The Morgan fingerprint density at radius 2 is 2.05 bits per heavy atom. The SMILES string of the molecule is Cc1ccc(CN(C(=O)c2ccc(N)c(O)c2)C(C)C)o1. The molecule has 2 rings (SSSR count). The fourth-order valence-corrected chi connectivity index (χ4v) is 2.07. The number of hydrogen-bond donors (Lipinski definition) is 2. The van der Waals surface area contributed by atoms with Gasteiger partial charge in [0.2, 0.25) is 0 Å². The van der Waals surface area contributed by atoms with Crippen molar-refractivity contribution in [1.29, 1.82) is 0 Å². The molecule has 1 aromatic carbocycles. The zero-order chi connectivity index (χ0) is 15.6. The van der Waals surface area contributed by atoms with Crippen molar-refractivity contribution in [2.75, 3.05) is 5.73 Å². The number of rotatable bonds is 4. The number of carbonyl (C=O) groups excluding carboxylic acids is 1. The first-order valence-electron chi connectivity index (χ1n) is 6.83. The molecular weight excluding hydrogens is 268 g/mol. The van der Waals surface area contributed by atoms with E-state index >= 15 is 0 Å². The zero-order valence-corrected chi connectivity index (χ0v) is 12.5. The number of furan rings is 1. The van der Waals surface area contributed by atoms with Gasteiger partial charge in [-0.15, -0.1) is 0 Å². The van der Waals surface area contributed by atoms with E-state index in [0.29, 0.717) is 12.1 Å². The smallest absolute Gasteiger partial charge is 0.254 e. The first-order valence-corrected chi connectivity index (χ1v) is 6.83. The maximum absolute atomic E-state index is 12.6. The number of nitrogens with zero attached hydrogens (tertiary/aromatic N) is 1. The highest BCUT2D eigenvalue weighted by Gasteiger charge is 2.21. The number of hydrogen-bond acceptors (Lipinski definition) is 4. The van der Waals surface area contributed by atoms with E-state index in [0.717, 1.165) is 11.5 Å². The summed E-state index contributed by atoms with van der Waals surface area (Å²) in [5.41, 5.74) is 6.22. The molecule has 21 heavy (non-hydrogen) atoms. The summed E-state index contributed by atoms with van der Waals surface area (Å²) in [5.74, 6) is 1.29. The third kappa shape index (κ3) is 3.37. The Morgan fingerprint density at radius 1 is 1.33 bits per heavy atom. The van der Waals surface area contributed by atoms with E-state index < -0.39 is 0 Å². The van der Waals surface area contributed by atoms with E-state index in [1.165, 1.54) is 12.1 Å². The fourth-order valence-electron chi connectivity index (χ4n) is 2.07. The topological polar surface area (TPSA) is 79.7 Å². The van der Waals surface area contributed by atoms with Gasteiger partial charge in [-0.2, -0.15) is 0 Å². The van der Waals surface area contributed by atoms with Gasteiger partial charge in [-0.3, -0.25) is 4.79 Å². The van der Waals surface area contributed by atoms with Crippen molar-refractivity contribution in [2.45, 2.75) is 33.4 Å². The van der Waals surface area contributed by atoms with Crippen molar-refractivity contribution < 1.29 is 14.3 Å². The van der Waals surface area contributed by atoms with Crippen molar-refractivity contribution in [3.8, 4) is 5.75 Å². The summed E-state index contributed by atoms with van der Waals surface area (Å²) in [6.07, 6.45) is 0. The second-order valence-corrected chi connectivity index (χ2v) is 5.31. The summed E-state index contributed by atoms with van der Waals surface area (Å²) < 4.78 is 5.53. The molecule has 1 amide bonds. The molecular formula is C16H20N2O3. The number of nitrogen functional groups attached to an aromatic ring is 1. The molecule has 3 N–H and O–H groups in total. The highest BCUT2D eigenvalue weighted by atomic mass is 16.3. The molecule has 112 valence electrons. The Morgan fingerprint density at radius 3 is 2.57 bits per heavy atom.